The van der Waals surface area contributed by atoms with Crippen molar-refractivity contribution in [1.82, 2.24) is 9.97 Å². The van der Waals surface area contributed by atoms with Crippen LogP contribution in [-0.2, 0) is 6.54 Å². The van der Waals surface area contributed by atoms with Gasteiger partial charge in [-0.1, -0.05) is 18.2 Å². The molecule has 0 unspecified atom stereocenters. The first-order valence-electron chi connectivity index (χ1n) is 8.17. The van der Waals surface area contributed by atoms with E-state index in [9.17, 15) is 13.2 Å². The van der Waals surface area contributed by atoms with Crippen LogP contribution in [0.15, 0.2) is 36.7 Å². The smallest absolute Gasteiger partial charge is 0.422 e. The lowest BCUT2D eigenvalue weighted by Gasteiger charge is -2.27. The minimum Gasteiger partial charge on any atom is -0.484 e. The molecule has 2 heterocycles. The van der Waals surface area contributed by atoms with Crippen LogP contribution in [0.25, 0.3) is 0 Å². The Kier molecular flexibility index (Phi) is 6.08. The Morgan fingerprint density at radius 2 is 1.92 bits per heavy atom. The molecule has 0 saturated carbocycles. The van der Waals surface area contributed by atoms with Crippen LogP contribution < -0.4 is 15.0 Å². The van der Waals surface area contributed by atoms with Gasteiger partial charge in [0.25, 0.3) is 0 Å². The maximum absolute atomic E-state index is 12.4. The number of hydrogen-bond acceptors (Lipinski definition) is 6. The summed E-state index contributed by atoms with van der Waals surface area (Å²) in [4.78, 5) is 10.7. The monoisotopic (exact) mass is 384 g/mol. The summed E-state index contributed by atoms with van der Waals surface area (Å²) < 4.78 is 42.0. The van der Waals surface area contributed by atoms with Crippen molar-refractivity contribution >= 4 is 23.4 Å². The van der Waals surface area contributed by atoms with Gasteiger partial charge in [-0.15, -0.1) is 0 Å². The number of alkyl halides is 3. The lowest BCUT2D eigenvalue weighted by molar-refractivity contribution is -0.153. The van der Waals surface area contributed by atoms with Gasteiger partial charge in [-0.3, -0.25) is 0 Å². The molecule has 5 nitrogen and oxygen atoms in total. The van der Waals surface area contributed by atoms with Crippen LogP contribution in [0.4, 0.5) is 24.8 Å². The molecule has 0 radical (unpaired) electrons. The fraction of sp³-hybridized carbons (Fsp3) is 0.412. The number of halogens is 3. The molecule has 26 heavy (non-hydrogen) atoms. The first kappa shape index (κ1) is 18.6. The number of ether oxygens (including phenoxy) is 1. The zero-order valence-corrected chi connectivity index (χ0v) is 14.8. The standard InChI is InChI=1S/C17H19F3N4OS/c18-17(19,20)11-25-14-4-2-1-3-13(14)10-21-15-9-16(23-12-22-15)24-5-7-26-8-6-24/h1-4,9,12H,5-8,10-11H2,(H,21,22,23). The Labute approximate surface area is 154 Å². The number of benzene rings is 1. The fourth-order valence-corrected chi connectivity index (χ4v) is 3.45. The molecule has 1 aliphatic rings. The minimum atomic E-state index is -4.37. The van der Waals surface area contributed by atoms with Gasteiger partial charge in [-0.25, -0.2) is 9.97 Å². The van der Waals surface area contributed by atoms with E-state index in [0.29, 0.717) is 17.9 Å². The van der Waals surface area contributed by atoms with Crippen molar-refractivity contribution in [3.63, 3.8) is 0 Å². The van der Waals surface area contributed by atoms with Crippen molar-refractivity contribution in [3.8, 4) is 5.75 Å². The van der Waals surface area contributed by atoms with Crippen LogP contribution in [-0.4, -0.2) is 47.3 Å². The number of aromatic nitrogens is 2. The van der Waals surface area contributed by atoms with E-state index in [-0.39, 0.29) is 5.75 Å². The lowest BCUT2D eigenvalue weighted by Crippen LogP contribution is -2.33. The summed E-state index contributed by atoms with van der Waals surface area (Å²) in [6.07, 6.45) is -2.87. The van der Waals surface area contributed by atoms with Gasteiger partial charge in [0, 0.05) is 42.8 Å². The SMILES string of the molecule is FC(F)(F)COc1ccccc1CNc1cc(N2CCSCC2)ncn1. The van der Waals surface area contributed by atoms with Gasteiger partial charge in [-0.2, -0.15) is 24.9 Å². The second-order valence-electron chi connectivity index (χ2n) is 5.73. The molecule has 1 aromatic heterocycles. The van der Waals surface area contributed by atoms with E-state index < -0.39 is 12.8 Å². The van der Waals surface area contributed by atoms with Crippen molar-refractivity contribution in [2.75, 3.05) is 41.4 Å². The number of rotatable bonds is 6. The molecule has 3 rings (SSSR count). The number of para-hydroxylation sites is 1. The van der Waals surface area contributed by atoms with Crippen LogP contribution in [0, 0.1) is 0 Å². The molecule has 1 N–H and O–H groups in total. The van der Waals surface area contributed by atoms with Gasteiger partial charge in [-0.05, 0) is 6.07 Å². The average molecular weight is 384 g/mol. The molecule has 1 aliphatic heterocycles. The van der Waals surface area contributed by atoms with Crippen LogP contribution >= 0.6 is 11.8 Å². The van der Waals surface area contributed by atoms with Crippen molar-refractivity contribution in [1.29, 1.82) is 0 Å². The Morgan fingerprint density at radius 1 is 1.15 bits per heavy atom. The molecule has 0 atom stereocenters. The Balaban J connectivity index is 1.64. The molecule has 140 valence electrons. The average Bonchev–Trinajstić information content (AvgIpc) is 2.66. The molecule has 9 heteroatoms. The summed E-state index contributed by atoms with van der Waals surface area (Å²) in [5, 5.41) is 3.13. The number of nitrogens with one attached hydrogen (secondary N) is 1. The van der Waals surface area contributed by atoms with E-state index in [1.54, 1.807) is 18.2 Å². The van der Waals surface area contributed by atoms with Crippen LogP contribution in [0.2, 0.25) is 0 Å². The Hall–Kier alpha value is -2.16. The first-order chi connectivity index (χ1) is 12.5. The van der Waals surface area contributed by atoms with Crippen molar-refractivity contribution < 1.29 is 17.9 Å². The summed E-state index contributed by atoms with van der Waals surface area (Å²) in [5.74, 6) is 3.82. The third kappa shape index (κ3) is 5.42. The highest BCUT2D eigenvalue weighted by atomic mass is 32.2. The molecule has 1 aromatic carbocycles. The maximum Gasteiger partial charge on any atom is 0.422 e. The van der Waals surface area contributed by atoms with Gasteiger partial charge >= 0.3 is 6.18 Å². The summed E-state index contributed by atoms with van der Waals surface area (Å²) in [7, 11) is 0. The van der Waals surface area contributed by atoms with E-state index in [1.165, 1.54) is 12.4 Å². The van der Waals surface area contributed by atoms with E-state index >= 15 is 0 Å². The first-order valence-corrected chi connectivity index (χ1v) is 9.33. The highest BCUT2D eigenvalue weighted by molar-refractivity contribution is 7.99. The Bertz CT molecular complexity index is 723. The number of nitrogens with zero attached hydrogens (tertiary/aromatic N) is 3. The van der Waals surface area contributed by atoms with E-state index in [0.717, 1.165) is 30.4 Å². The summed E-state index contributed by atoms with van der Waals surface area (Å²) in [6.45, 7) is 0.874. The summed E-state index contributed by atoms with van der Waals surface area (Å²) in [6, 6.07) is 8.51. The molecule has 2 aromatic rings. The van der Waals surface area contributed by atoms with E-state index in [4.69, 9.17) is 4.74 Å². The topological polar surface area (TPSA) is 50.3 Å². The van der Waals surface area contributed by atoms with Crippen LogP contribution in [0.1, 0.15) is 5.56 Å². The zero-order chi connectivity index (χ0) is 18.4. The lowest BCUT2D eigenvalue weighted by atomic mass is 10.2. The number of thioether (sulfide) groups is 1. The van der Waals surface area contributed by atoms with Crippen molar-refractivity contribution in [2.24, 2.45) is 0 Å². The molecular weight excluding hydrogens is 365 g/mol. The predicted molar refractivity (Wildman–Crippen MR) is 96.9 cm³/mol. The molecule has 0 amide bonds. The summed E-state index contributed by atoms with van der Waals surface area (Å²) >= 11 is 1.92. The second-order valence-corrected chi connectivity index (χ2v) is 6.95. The van der Waals surface area contributed by atoms with Crippen LogP contribution in [0.3, 0.4) is 0 Å². The molecule has 0 spiro atoms. The minimum absolute atomic E-state index is 0.208. The largest absolute Gasteiger partial charge is 0.484 e. The van der Waals surface area contributed by atoms with Gasteiger partial charge in [0.15, 0.2) is 6.61 Å². The molecule has 1 fully saturated rings. The third-order valence-corrected chi connectivity index (χ3v) is 4.75. The number of anilines is 2. The molecular formula is C17H19F3N4OS. The maximum atomic E-state index is 12.4. The third-order valence-electron chi connectivity index (χ3n) is 3.81. The van der Waals surface area contributed by atoms with Crippen molar-refractivity contribution in [2.45, 2.75) is 12.7 Å². The fourth-order valence-electron chi connectivity index (χ4n) is 2.55. The van der Waals surface area contributed by atoms with Crippen molar-refractivity contribution in [3.05, 3.63) is 42.2 Å². The van der Waals surface area contributed by atoms with E-state index in [1.807, 2.05) is 17.8 Å². The van der Waals surface area contributed by atoms with Gasteiger partial charge in [0.05, 0.1) is 0 Å². The molecule has 0 aliphatic carbocycles. The highest BCUT2D eigenvalue weighted by Crippen LogP contribution is 2.24. The predicted octanol–water partition coefficient (Wildman–Crippen LogP) is 3.58. The zero-order valence-electron chi connectivity index (χ0n) is 14.0. The quantitative estimate of drug-likeness (QED) is 0.822. The van der Waals surface area contributed by atoms with Gasteiger partial charge < -0.3 is 15.0 Å². The van der Waals surface area contributed by atoms with E-state index in [2.05, 4.69) is 20.2 Å². The second kappa shape index (κ2) is 8.48. The van der Waals surface area contributed by atoms with Gasteiger partial charge in [0.1, 0.15) is 23.7 Å². The van der Waals surface area contributed by atoms with Gasteiger partial charge in [0.2, 0.25) is 0 Å². The molecule has 0 bridgehead atoms. The molecule has 1 saturated heterocycles. The summed E-state index contributed by atoms with van der Waals surface area (Å²) in [5.41, 5.74) is 0.631. The number of hydrogen-bond donors (Lipinski definition) is 1. The highest BCUT2D eigenvalue weighted by Gasteiger charge is 2.28. The van der Waals surface area contributed by atoms with Crippen LogP contribution in [0.5, 0.6) is 5.75 Å². The normalized spacial score (nSPS) is 15.0. The Morgan fingerprint density at radius 3 is 2.69 bits per heavy atom.